The number of aromatic carboxylic acids is 1. The van der Waals surface area contributed by atoms with Gasteiger partial charge < -0.3 is 10.4 Å². The van der Waals surface area contributed by atoms with Crippen molar-refractivity contribution in [2.24, 2.45) is 0 Å². The molecule has 3 nitrogen and oxygen atoms in total. The van der Waals surface area contributed by atoms with E-state index in [4.69, 9.17) is 11.6 Å². The molecule has 0 unspecified atom stereocenters. The Morgan fingerprint density at radius 3 is 2.53 bits per heavy atom. The lowest BCUT2D eigenvalue weighted by atomic mass is 10.1. The molecule has 0 saturated carbocycles. The summed E-state index contributed by atoms with van der Waals surface area (Å²) in [5, 5.41) is 12.6. The molecule has 0 aliphatic heterocycles. The number of rotatable bonds is 3. The summed E-state index contributed by atoms with van der Waals surface area (Å²) in [6, 6.07) is 10.3. The van der Waals surface area contributed by atoms with E-state index >= 15 is 0 Å². The normalized spacial score (nSPS) is 10.3. The second-order valence-electron chi connectivity index (χ2n) is 3.74. The van der Waals surface area contributed by atoms with Gasteiger partial charge in [0.2, 0.25) is 0 Å². The number of carbonyl (C=O) groups is 1. The number of hydrogen-bond donors (Lipinski definition) is 2. The predicted octanol–water partition coefficient (Wildman–Crippen LogP) is 5.31. The van der Waals surface area contributed by atoms with Crippen LogP contribution in [0.25, 0.3) is 0 Å². The molecule has 98 valence electrons. The van der Waals surface area contributed by atoms with Gasteiger partial charge in [0.1, 0.15) is 0 Å². The molecule has 0 aliphatic rings. The average Bonchev–Trinajstić information content (AvgIpc) is 2.35. The number of nitrogens with one attached hydrogen (secondary N) is 1. The van der Waals surface area contributed by atoms with Crippen LogP contribution in [0.1, 0.15) is 10.4 Å². The molecule has 0 radical (unpaired) electrons. The summed E-state index contributed by atoms with van der Waals surface area (Å²) in [4.78, 5) is 11.2. The minimum atomic E-state index is -1.03. The van der Waals surface area contributed by atoms with Gasteiger partial charge in [0.05, 0.1) is 16.9 Å². The monoisotopic (exact) mass is 403 g/mol. The molecular weight excluding hydrogens is 397 g/mol. The Balaban J connectivity index is 2.43. The Kier molecular flexibility index (Phi) is 4.50. The van der Waals surface area contributed by atoms with Crippen LogP contribution in [0.5, 0.6) is 0 Å². The summed E-state index contributed by atoms with van der Waals surface area (Å²) in [5.74, 6) is -1.03. The largest absolute Gasteiger partial charge is 0.478 e. The van der Waals surface area contributed by atoms with Gasteiger partial charge in [-0.1, -0.05) is 27.5 Å². The average molecular weight is 405 g/mol. The molecule has 0 amide bonds. The van der Waals surface area contributed by atoms with Gasteiger partial charge in [-0.15, -0.1) is 0 Å². The maximum atomic E-state index is 11.2. The van der Waals surface area contributed by atoms with Gasteiger partial charge in [-0.2, -0.15) is 0 Å². The number of anilines is 2. The van der Waals surface area contributed by atoms with Crippen LogP contribution in [0, 0.1) is 0 Å². The van der Waals surface area contributed by atoms with Crippen molar-refractivity contribution >= 4 is 60.8 Å². The zero-order valence-corrected chi connectivity index (χ0v) is 13.4. The molecule has 0 bridgehead atoms. The van der Waals surface area contributed by atoms with Gasteiger partial charge in [0, 0.05) is 14.0 Å². The highest BCUT2D eigenvalue weighted by atomic mass is 79.9. The van der Waals surface area contributed by atoms with Crippen molar-refractivity contribution in [2.75, 3.05) is 5.32 Å². The third-order valence-corrected chi connectivity index (χ3v) is 3.83. The second-order valence-corrected chi connectivity index (χ2v) is 5.95. The molecule has 0 heterocycles. The highest BCUT2D eigenvalue weighted by molar-refractivity contribution is 9.11. The third kappa shape index (κ3) is 3.49. The van der Waals surface area contributed by atoms with E-state index in [2.05, 4.69) is 37.2 Å². The quantitative estimate of drug-likeness (QED) is 0.728. The molecular formula is C13H8Br2ClNO2. The number of halogens is 3. The molecule has 0 atom stereocenters. The van der Waals surface area contributed by atoms with Gasteiger partial charge >= 0.3 is 5.97 Å². The Hall–Kier alpha value is -1.04. The molecule has 0 spiro atoms. The molecule has 19 heavy (non-hydrogen) atoms. The molecule has 0 aliphatic carbocycles. The molecule has 2 aromatic carbocycles. The van der Waals surface area contributed by atoms with Crippen LogP contribution in [0.15, 0.2) is 45.3 Å². The Morgan fingerprint density at radius 2 is 1.84 bits per heavy atom. The summed E-state index contributed by atoms with van der Waals surface area (Å²) < 4.78 is 1.73. The fourth-order valence-corrected chi connectivity index (χ4v) is 2.42. The summed E-state index contributed by atoms with van der Waals surface area (Å²) in [6.45, 7) is 0. The highest BCUT2D eigenvalue weighted by Crippen LogP contribution is 2.31. The van der Waals surface area contributed by atoms with Crippen molar-refractivity contribution in [2.45, 2.75) is 0 Å². The zero-order valence-electron chi connectivity index (χ0n) is 9.45. The van der Waals surface area contributed by atoms with Crippen LogP contribution in [-0.4, -0.2) is 11.1 Å². The summed E-state index contributed by atoms with van der Waals surface area (Å²) in [5.41, 5.74) is 1.37. The third-order valence-electron chi connectivity index (χ3n) is 2.41. The van der Waals surface area contributed by atoms with Gasteiger partial charge in [-0.25, -0.2) is 4.79 Å². The van der Waals surface area contributed by atoms with Crippen molar-refractivity contribution in [3.8, 4) is 0 Å². The van der Waals surface area contributed by atoms with E-state index in [-0.39, 0.29) is 5.56 Å². The first-order valence-electron chi connectivity index (χ1n) is 5.22. The maximum Gasteiger partial charge on any atom is 0.337 e. The van der Waals surface area contributed by atoms with Gasteiger partial charge in [0.25, 0.3) is 0 Å². The van der Waals surface area contributed by atoms with Crippen LogP contribution >= 0.6 is 43.5 Å². The van der Waals surface area contributed by atoms with E-state index in [9.17, 15) is 9.90 Å². The maximum absolute atomic E-state index is 11.2. The van der Waals surface area contributed by atoms with E-state index in [1.807, 2.05) is 18.2 Å². The van der Waals surface area contributed by atoms with Crippen molar-refractivity contribution in [1.82, 2.24) is 0 Å². The van der Waals surface area contributed by atoms with E-state index < -0.39 is 5.97 Å². The van der Waals surface area contributed by atoms with Crippen LogP contribution in [0.4, 0.5) is 11.4 Å². The highest BCUT2D eigenvalue weighted by Gasteiger charge is 2.12. The van der Waals surface area contributed by atoms with Crippen molar-refractivity contribution < 1.29 is 9.90 Å². The van der Waals surface area contributed by atoms with Crippen LogP contribution in [0.3, 0.4) is 0 Å². The smallest absolute Gasteiger partial charge is 0.337 e. The summed E-state index contributed by atoms with van der Waals surface area (Å²) in [7, 11) is 0. The number of hydrogen-bond acceptors (Lipinski definition) is 2. The summed E-state index contributed by atoms with van der Waals surface area (Å²) >= 11 is 12.6. The first-order chi connectivity index (χ1) is 8.97. The van der Waals surface area contributed by atoms with E-state index in [1.54, 1.807) is 12.1 Å². The SMILES string of the molecule is O=C(O)c1cc(Cl)ccc1Nc1cc(Br)ccc1Br. The standard InChI is InChI=1S/C13H8Br2ClNO2/c14-7-1-3-10(15)12(5-7)17-11-4-2-8(16)6-9(11)13(18)19/h1-6,17H,(H,18,19). The molecule has 2 rings (SSSR count). The number of carboxylic acid groups (broad SMARTS) is 1. The summed E-state index contributed by atoms with van der Waals surface area (Å²) in [6.07, 6.45) is 0. The molecule has 0 saturated heterocycles. The number of benzene rings is 2. The van der Waals surface area contributed by atoms with Gasteiger partial charge in [-0.3, -0.25) is 0 Å². The topological polar surface area (TPSA) is 49.3 Å². The lowest BCUT2D eigenvalue weighted by Crippen LogP contribution is -2.03. The van der Waals surface area contributed by atoms with Crippen molar-refractivity contribution in [3.05, 3.63) is 55.9 Å². The molecule has 2 N–H and O–H groups in total. The Labute approximate surface area is 131 Å². The fraction of sp³-hybridized carbons (Fsp3) is 0. The minimum Gasteiger partial charge on any atom is -0.478 e. The lowest BCUT2D eigenvalue weighted by Gasteiger charge is -2.12. The van der Waals surface area contributed by atoms with Crippen LogP contribution in [-0.2, 0) is 0 Å². The van der Waals surface area contributed by atoms with Crippen LogP contribution in [0.2, 0.25) is 5.02 Å². The van der Waals surface area contributed by atoms with Gasteiger partial charge in [0.15, 0.2) is 0 Å². The van der Waals surface area contributed by atoms with Crippen LogP contribution < -0.4 is 5.32 Å². The fourth-order valence-electron chi connectivity index (χ4n) is 1.54. The number of carboxylic acids is 1. The molecule has 2 aromatic rings. The Morgan fingerprint density at radius 1 is 1.11 bits per heavy atom. The van der Waals surface area contributed by atoms with Gasteiger partial charge in [-0.05, 0) is 52.3 Å². The molecule has 0 aromatic heterocycles. The first-order valence-corrected chi connectivity index (χ1v) is 7.18. The van der Waals surface area contributed by atoms with E-state index in [0.717, 1.165) is 14.6 Å². The minimum absolute atomic E-state index is 0.124. The van der Waals surface area contributed by atoms with Crippen molar-refractivity contribution in [3.63, 3.8) is 0 Å². The van der Waals surface area contributed by atoms with E-state index in [1.165, 1.54) is 6.07 Å². The molecule has 0 fully saturated rings. The molecule has 6 heteroatoms. The first kappa shape index (κ1) is 14.4. The predicted molar refractivity (Wildman–Crippen MR) is 83.5 cm³/mol. The second kappa shape index (κ2) is 5.94. The Bertz CT molecular complexity index is 647. The van der Waals surface area contributed by atoms with Crippen molar-refractivity contribution in [1.29, 1.82) is 0 Å². The lowest BCUT2D eigenvalue weighted by molar-refractivity contribution is 0.0698. The zero-order chi connectivity index (χ0) is 14.0. The van der Waals surface area contributed by atoms with E-state index in [0.29, 0.717) is 10.7 Å².